The van der Waals surface area contributed by atoms with Crippen molar-refractivity contribution in [1.82, 2.24) is 0 Å². The van der Waals surface area contributed by atoms with Crippen LogP contribution in [-0.4, -0.2) is 12.8 Å². The van der Waals surface area contributed by atoms with Crippen molar-refractivity contribution in [3.63, 3.8) is 0 Å². The van der Waals surface area contributed by atoms with Gasteiger partial charge >= 0.3 is 154 Å². The molecule has 8 heavy (non-hydrogen) atoms. The number of hydrogen-bond donors (Lipinski definition) is 0. The van der Waals surface area contributed by atoms with Gasteiger partial charge in [-0.05, 0) is 0 Å². The van der Waals surface area contributed by atoms with Crippen LogP contribution in [0, 0.1) is 0 Å². The molecule has 0 atom stereocenters. The van der Waals surface area contributed by atoms with Crippen LogP contribution in [0.3, 0.4) is 0 Å². The predicted molar refractivity (Wildman–Crippen MR) is 9.37 cm³/mol. The Balaban J connectivity index is -0.00000000750. The molecule has 8 heteroatoms. The van der Waals surface area contributed by atoms with Crippen LogP contribution in [0.5, 0.6) is 0 Å². The molecule has 4 nitrogen and oxygen atoms in total. The molecular formula is H2BK3O4. The van der Waals surface area contributed by atoms with Gasteiger partial charge in [-0.3, -0.25) is 7.32 Å². The van der Waals surface area contributed by atoms with Gasteiger partial charge in [0.2, 0.25) is 0 Å². The molecule has 0 aliphatic rings. The molecule has 0 unspecified atom stereocenters. The second kappa shape index (κ2) is 22.6. The Bertz CT molecular complexity index is 16.0. The summed E-state index contributed by atoms with van der Waals surface area (Å²) in [6.07, 6.45) is 0. The largest absolute Gasteiger partial charge is 1.00 e. The maximum Gasteiger partial charge on any atom is 1.00 e. The molecule has 32 valence electrons. The van der Waals surface area contributed by atoms with E-state index in [9.17, 15) is 0 Å². The average molecular weight is 194 g/mol. The van der Waals surface area contributed by atoms with Gasteiger partial charge < -0.3 is 20.5 Å². The molecule has 0 aliphatic carbocycles. The minimum atomic E-state index is -2.92. The first-order chi connectivity index (χ1) is 1.73. The molecule has 0 heterocycles. The molecule has 0 aromatic carbocycles. The first-order valence-corrected chi connectivity index (χ1v) is 0.707. The van der Waals surface area contributed by atoms with Gasteiger partial charge in [0.15, 0.2) is 0 Å². The minimum absolute atomic E-state index is 0. The topological polar surface area (TPSA) is 101 Å². The Labute approximate surface area is 176 Å². The summed E-state index contributed by atoms with van der Waals surface area (Å²) in [5.41, 5.74) is 0. The van der Waals surface area contributed by atoms with E-state index < -0.39 is 7.32 Å². The van der Waals surface area contributed by atoms with Crippen molar-refractivity contribution in [2.45, 2.75) is 0 Å². The van der Waals surface area contributed by atoms with E-state index in [2.05, 4.69) is 0 Å². The normalized spacial score (nSPS) is 3.38. The fourth-order valence-electron chi connectivity index (χ4n) is 0. The van der Waals surface area contributed by atoms with Crippen molar-refractivity contribution >= 4 is 7.32 Å². The Morgan fingerprint density at radius 3 is 0.750 bits per heavy atom. The smallest absolute Gasteiger partial charge is 0.907 e. The summed E-state index contributed by atoms with van der Waals surface area (Å²) in [5.74, 6) is 0. The molecule has 0 amide bonds. The minimum Gasteiger partial charge on any atom is -0.907 e. The van der Waals surface area contributed by atoms with E-state index in [1.165, 1.54) is 0 Å². The van der Waals surface area contributed by atoms with E-state index in [1.54, 1.807) is 0 Å². The van der Waals surface area contributed by atoms with E-state index >= 15 is 0 Å². The predicted octanol–water partition coefficient (Wildman–Crippen LogP) is -13.8. The van der Waals surface area contributed by atoms with Crippen LogP contribution in [-0.2, 0) is 0 Å². The summed E-state index contributed by atoms with van der Waals surface area (Å²) >= 11 is 0. The van der Waals surface area contributed by atoms with Crippen LogP contribution < -0.4 is 169 Å². The summed E-state index contributed by atoms with van der Waals surface area (Å²) in [5, 5.41) is 25.2. The molecule has 0 fully saturated rings. The van der Waals surface area contributed by atoms with Crippen LogP contribution in [0.4, 0.5) is 0 Å². The Kier molecular flexibility index (Phi) is 82.8. The molecular weight excluding hydrogens is 192 g/mol. The van der Waals surface area contributed by atoms with Gasteiger partial charge in [-0.15, -0.1) is 0 Å². The molecule has 2 N–H and O–H groups in total. The Hall–Kier alpha value is 4.81. The van der Waals surface area contributed by atoms with E-state index in [0.29, 0.717) is 0 Å². The quantitative estimate of drug-likeness (QED) is 0.358. The van der Waals surface area contributed by atoms with Crippen molar-refractivity contribution in [3.8, 4) is 0 Å². The molecule has 0 saturated heterocycles. The maximum absolute atomic E-state index is 8.42. The zero-order valence-corrected chi connectivity index (χ0v) is 14.7. The first-order valence-electron chi connectivity index (χ1n) is 0.707. The van der Waals surface area contributed by atoms with Crippen LogP contribution in [0.1, 0.15) is 0 Å². The van der Waals surface area contributed by atoms with Crippen molar-refractivity contribution in [2.24, 2.45) is 0 Å². The Morgan fingerprint density at radius 1 is 0.750 bits per heavy atom. The van der Waals surface area contributed by atoms with E-state index in [1.807, 2.05) is 0 Å². The average Bonchev–Trinajstić information content (AvgIpc) is 0.811. The van der Waals surface area contributed by atoms with Crippen molar-refractivity contribution in [2.75, 3.05) is 0 Å². The molecule has 0 aliphatic heterocycles. The van der Waals surface area contributed by atoms with Crippen molar-refractivity contribution in [3.05, 3.63) is 0 Å². The maximum atomic E-state index is 8.42. The summed E-state index contributed by atoms with van der Waals surface area (Å²) in [6, 6.07) is 0. The second-order valence-electron chi connectivity index (χ2n) is 0.289. The summed E-state index contributed by atoms with van der Waals surface area (Å²) < 4.78 is 0. The van der Waals surface area contributed by atoms with E-state index in [0.717, 1.165) is 0 Å². The number of rotatable bonds is 0. The monoisotopic (exact) mass is 194 g/mol. The second-order valence-corrected chi connectivity index (χ2v) is 0.289. The summed E-state index contributed by atoms with van der Waals surface area (Å²) in [7, 11) is -2.92. The van der Waals surface area contributed by atoms with Gasteiger partial charge in [0, 0.05) is 0 Å². The zero-order valence-electron chi connectivity index (χ0n) is 5.30. The summed E-state index contributed by atoms with van der Waals surface area (Å²) in [4.78, 5) is 0. The first kappa shape index (κ1) is 29.3. The molecule has 0 aromatic heterocycles. The van der Waals surface area contributed by atoms with Crippen molar-refractivity contribution in [1.29, 1.82) is 0 Å². The third kappa shape index (κ3) is 44.9. The molecule has 0 rings (SSSR count). The molecule has 0 aromatic rings. The van der Waals surface area contributed by atoms with E-state index in [4.69, 9.17) is 15.1 Å². The fraction of sp³-hybridized carbons (Fsp3) is 0. The molecule has 0 bridgehead atoms. The van der Waals surface area contributed by atoms with Gasteiger partial charge in [-0.25, -0.2) is 0 Å². The number of hydrogen-bond acceptors (Lipinski definition) is 3. The zero-order chi connectivity index (χ0) is 3.58. The van der Waals surface area contributed by atoms with Crippen LogP contribution in [0.2, 0.25) is 0 Å². The third-order valence-corrected chi connectivity index (χ3v) is 0. The summed E-state index contributed by atoms with van der Waals surface area (Å²) in [6.45, 7) is 0. The van der Waals surface area contributed by atoms with Gasteiger partial charge in [0.25, 0.3) is 0 Å². The fourth-order valence-corrected chi connectivity index (χ4v) is 0. The third-order valence-electron chi connectivity index (χ3n) is 0. The van der Waals surface area contributed by atoms with Gasteiger partial charge in [0.05, 0.1) is 0 Å². The van der Waals surface area contributed by atoms with Crippen LogP contribution >= 0.6 is 0 Å². The van der Waals surface area contributed by atoms with Crippen LogP contribution in [0.25, 0.3) is 0 Å². The standard InChI is InChI=1S/BO3.3K.H2O/c2-1(3)4;;;;/h;;;;1H2/q-3;3*+1;. The Morgan fingerprint density at radius 2 is 0.750 bits per heavy atom. The van der Waals surface area contributed by atoms with Gasteiger partial charge in [0.1, 0.15) is 0 Å². The molecule has 0 saturated carbocycles. The van der Waals surface area contributed by atoms with Crippen LogP contribution in [0.15, 0.2) is 0 Å². The SMILES string of the molecule is O.[K+].[K+].[K+].[O-]B([O-])[O-]. The van der Waals surface area contributed by atoms with E-state index in [-0.39, 0.29) is 160 Å². The van der Waals surface area contributed by atoms with Crippen molar-refractivity contribution < 1.29 is 175 Å². The molecule has 0 spiro atoms. The van der Waals surface area contributed by atoms with Gasteiger partial charge in [-0.2, -0.15) is 0 Å². The van der Waals surface area contributed by atoms with Gasteiger partial charge in [-0.1, -0.05) is 0 Å². The molecule has 0 radical (unpaired) electrons.